The van der Waals surface area contributed by atoms with Crippen LogP contribution in [0.2, 0.25) is 0 Å². The van der Waals surface area contributed by atoms with Crippen molar-refractivity contribution in [1.29, 1.82) is 0 Å². The van der Waals surface area contributed by atoms with Crippen LogP contribution in [0.25, 0.3) is 11.6 Å². The van der Waals surface area contributed by atoms with Crippen LogP contribution >= 0.6 is 35.3 Å². The largest absolute Gasteiger partial charge is 0.497 e. The highest BCUT2D eigenvalue weighted by Gasteiger charge is 2.61. The molecule has 0 aromatic heterocycles. The molecule has 0 saturated heterocycles. The summed E-state index contributed by atoms with van der Waals surface area (Å²) in [5, 5.41) is 0. The van der Waals surface area contributed by atoms with E-state index < -0.39 is 33.5 Å². The van der Waals surface area contributed by atoms with E-state index >= 15 is 0 Å². The van der Waals surface area contributed by atoms with Crippen molar-refractivity contribution in [2.24, 2.45) is 0 Å². The zero-order chi connectivity index (χ0) is 35.0. The van der Waals surface area contributed by atoms with Crippen molar-refractivity contribution < 1.29 is 47.7 Å². The lowest BCUT2D eigenvalue weighted by Gasteiger charge is -2.50. The monoisotopic (exact) mass is 709 g/mol. The first-order valence-corrected chi connectivity index (χ1v) is 16.7. The van der Waals surface area contributed by atoms with Gasteiger partial charge in [-0.3, -0.25) is 9.69 Å². The van der Waals surface area contributed by atoms with Gasteiger partial charge in [0.1, 0.15) is 24.5 Å². The Morgan fingerprint density at radius 2 is 1.25 bits per heavy atom. The number of esters is 4. The molecule has 0 unspecified atom stereocenters. The van der Waals surface area contributed by atoms with Crippen molar-refractivity contribution in [3.63, 3.8) is 0 Å². The number of amides is 1. The van der Waals surface area contributed by atoms with E-state index in [1.54, 1.807) is 54.5 Å². The molecule has 1 amide bonds. The van der Waals surface area contributed by atoms with Gasteiger partial charge in [0.05, 0.1) is 52.3 Å². The maximum Gasteiger partial charge on any atom is 0.345 e. The fraction of sp³-hybridized carbons (Fsp3) is 0.265. The maximum atomic E-state index is 14.2. The van der Waals surface area contributed by atoms with E-state index in [0.29, 0.717) is 27.5 Å². The average Bonchev–Trinajstić information content (AvgIpc) is 3.49. The van der Waals surface area contributed by atoms with Crippen LogP contribution in [-0.2, 0) is 42.9 Å². The van der Waals surface area contributed by atoms with E-state index in [-0.39, 0.29) is 26.2 Å². The third kappa shape index (κ3) is 5.71. The summed E-state index contributed by atoms with van der Waals surface area (Å²) in [5.41, 5.74) is 1.02. The molecule has 3 aliphatic rings. The molecule has 3 aliphatic heterocycles. The molecule has 250 valence electrons. The van der Waals surface area contributed by atoms with E-state index in [1.807, 2.05) is 26.0 Å². The van der Waals surface area contributed by atoms with Crippen molar-refractivity contribution in [1.82, 2.24) is 0 Å². The van der Waals surface area contributed by atoms with Gasteiger partial charge in [-0.2, -0.15) is 0 Å². The number of nitrogens with zero attached hydrogens (tertiary/aromatic N) is 1. The molecule has 2 aromatic rings. The van der Waals surface area contributed by atoms with Crippen LogP contribution in [0.4, 0.5) is 5.69 Å². The molecule has 14 heteroatoms. The standard InChI is InChI=1S/C34H31NO10S3/c1-33(2)28-23(20-10-8-9-11-21(20)35(33)22(36)17-14-18-12-15-19(41-3)16-13-18)34(24(29(37)42-4)25(46-28)30(38)43-5)47-26(31(39)44-6)27(48-34)32(40)45-7/h8-17H,1-7H3. The number of anilines is 1. The molecule has 5 rings (SSSR count). The Bertz CT molecular complexity index is 1830. The first-order valence-electron chi connectivity index (χ1n) is 14.3. The number of thioether (sulfide) groups is 3. The minimum atomic E-state index is -1.65. The molecule has 0 atom stereocenters. The summed E-state index contributed by atoms with van der Waals surface area (Å²) in [7, 11) is 6.25. The second-order valence-electron chi connectivity index (χ2n) is 10.8. The molecular weight excluding hydrogens is 679 g/mol. The number of hydrogen-bond donors (Lipinski definition) is 0. The smallest absolute Gasteiger partial charge is 0.345 e. The molecule has 0 bridgehead atoms. The van der Waals surface area contributed by atoms with E-state index in [9.17, 15) is 24.0 Å². The van der Waals surface area contributed by atoms with E-state index in [4.69, 9.17) is 23.7 Å². The van der Waals surface area contributed by atoms with Gasteiger partial charge in [-0.1, -0.05) is 65.6 Å². The van der Waals surface area contributed by atoms with Gasteiger partial charge in [0, 0.05) is 22.1 Å². The average molecular weight is 710 g/mol. The SMILES string of the molecule is COC(=O)C1=C(C(=O)OC)SC2(S1)C(C(=O)OC)=C(C(=O)OC)SC1=C2c2ccccc2N(C(=O)C=Cc2ccc(OC)cc2)C1(C)C. The fourth-order valence-corrected chi connectivity index (χ4v) is 10.7. The quantitative estimate of drug-likeness (QED) is 0.209. The summed E-state index contributed by atoms with van der Waals surface area (Å²) in [4.78, 5) is 69.5. The summed E-state index contributed by atoms with van der Waals surface area (Å²) in [6, 6.07) is 14.3. The first kappa shape index (κ1) is 34.9. The number of methoxy groups -OCH3 is 5. The minimum Gasteiger partial charge on any atom is -0.497 e. The number of hydrogen-bond acceptors (Lipinski definition) is 13. The Balaban J connectivity index is 1.77. The molecule has 11 nitrogen and oxygen atoms in total. The third-order valence-electron chi connectivity index (χ3n) is 7.80. The molecule has 0 radical (unpaired) electrons. The summed E-state index contributed by atoms with van der Waals surface area (Å²) in [6.07, 6.45) is 3.14. The predicted octanol–water partition coefficient (Wildman–Crippen LogP) is 5.33. The van der Waals surface area contributed by atoms with Gasteiger partial charge in [-0.05, 0) is 43.7 Å². The topological polar surface area (TPSA) is 135 Å². The number of fused-ring (bicyclic) bond motifs is 3. The number of para-hydroxylation sites is 1. The number of carbonyl (C=O) groups is 5. The second kappa shape index (κ2) is 13.6. The predicted molar refractivity (Wildman–Crippen MR) is 185 cm³/mol. The Hall–Kier alpha value is -4.40. The molecule has 0 aliphatic carbocycles. The summed E-state index contributed by atoms with van der Waals surface area (Å²) in [6.45, 7) is 3.63. The zero-order valence-corrected chi connectivity index (χ0v) is 29.5. The van der Waals surface area contributed by atoms with Gasteiger partial charge in [-0.15, -0.1) is 0 Å². The first-order chi connectivity index (χ1) is 22.9. The van der Waals surface area contributed by atoms with E-state index in [2.05, 4.69) is 0 Å². The van der Waals surface area contributed by atoms with Crippen LogP contribution in [0.3, 0.4) is 0 Å². The van der Waals surface area contributed by atoms with Crippen LogP contribution in [0.5, 0.6) is 5.75 Å². The van der Waals surface area contributed by atoms with Gasteiger partial charge in [-0.25, -0.2) is 19.2 Å². The van der Waals surface area contributed by atoms with Crippen LogP contribution in [0, 0.1) is 0 Å². The highest BCUT2D eigenvalue weighted by atomic mass is 32.2. The molecule has 0 saturated carbocycles. The van der Waals surface area contributed by atoms with Crippen LogP contribution in [0.1, 0.15) is 25.0 Å². The van der Waals surface area contributed by atoms with Crippen molar-refractivity contribution in [2.45, 2.75) is 23.5 Å². The Kier molecular flexibility index (Phi) is 9.90. The number of rotatable bonds is 7. The van der Waals surface area contributed by atoms with Crippen LogP contribution in [-0.4, -0.2) is 75.0 Å². The number of carbonyl (C=O) groups excluding carboxylic acids is 5. The third-order valence-corrected chi connectivity index (χ3v) is 12.5. The molecule has 0 fully saturated rings. The van der Waals surface area contributed by atoms with Gasteiger partial charge in [0.2, 0.25) is 0 Å². The summed E-state index contributed by atoms with van der Waals surface area (Å²) < 4.78 is 24.0. The zero-order valence-electron chi connectivity index (χ0n) is 27.0. The van der Waals surface area contributed by atoms with Gasteiger partial charge < -0.3 is 23.7 Å². The molecule has 48 heavy (non-hydrogen) atoms. The van der Waals surface area contributed by atoms with Gasteiger partial charge in [0.15, 0.2) is 0 Å². The number of ether oxygens (including phenoxy) is 5. The van der Waals surface area contributed by atoms with Crippen molar-refractivity contribution >= 4 is 82.4 Å². The lowest BCUT2D eigenvalue weighted by molar-refractivity contribution is -0.138. The van der Waals surface area contributed by atoms with Gasteiger partial charge in [0.25, 0.3) is 5.91 Å². The maximum absolute atomic E-state index is 14.2. The van der Waals surface area contributed by atoms with Crippen molar-refractivity contribution in [2.75, 3.05) is 40.4 Å². The van der Waals surface area contributed by atoms with Crippen LogP contribution < -0.4 is 9.64 Å². The summed E-state index contributed by atoms with van der Waals surface area (Å²) >= 11 is 2.72. The normalized spacial score (nSPS) is 17.6. The van der Waals surface area contributed by atoms with E-state index in [0.717, 1.165) is 40.8 Å². The Morgan fingerprint density at radius 3 is 1.79 bits per heavy atom. The second-order valence-corrected chi connectivity index (χ2v) is 14.5. The molecule has 0 N–H and O–H groups in total. The Morgan fingerprint density at radius 1 is 0.708 bits per heavy atom. The minimum absolute atomic E-state index is 0.116. The molecule has 2 aromatic carbocycles. The molecule has 1 spiro atoms. The highest BCUT2D eigenvalue weighted by molar-refractivity contribution is 8.26. The van der Waals surface area contributed by atoms with Crippen LogP contribution in [0.15, 0.2) is 79.8 Å². The van der Waals surface area contributed by atoms with Crippen molar-refractivity contribution in [3.05, 3.63) is 90.9 Å². The number of benzene rings is 2. The summed E-state index contributed by atoms with van der Waals surface area (Å²) in [5.74, 6) is -3.07. The molecular formula is C34H31NO10S3. The lowest BCUT2D eigenvalue weighted by atomic mass is 9.83. The molecule has 3 heterocycles. The Labute approximate surface area is 289 Å². The fourth-order valence-electron chi connectivity index (χ4n) is 5.62. The van der Waals surface area contributed by atoms with Crippen molar-refractivity contribution in [3.8, 4) is 5.75 Å². The highest BCUT2D eigenvalue weighted by Crippen LogP contribution is 2.71. The lowest BCUT2D eigenvalue weighted by Crippen LogP contribution is -2.53. The van der Waals surface area contributed by atoms with Gasteiger partial charge >= 0.3 is 23.9 Å². The van der Waals surface area contributed by atoms with E-state index in [1.165, 1.54) is 34.5 Å².